The van der Waals surface area contributed by atoms with Crippen LogP contribution in [0.4, 0.5) is 0 Å². The van der Waals surface area contributed by atoms with Crippen LogP contribution in [0, 0.1) is 0 Å². The van der Waals surface area contributed by atoms with Gasteiger partial charge in [0.1, 0.15) is 6.54 Å². The molecule has 6 heteroatoms. The molecular weight excluding hydrogens is 224 g/mol. The number of nitrogens with two attached hydrogens (primary N) is 1. The third kappa shape index (κ3) is 6.70. The number of aliphatic carboxylic acids is 1. The van der Waals surface area contributed by atoms with Crippen LogP contribution in [0.25, 0.3) is 0 Å². The Hall–Kier alpha value is -1.40. The molecule has 0 radical (unpaired) electrons. The van der Waals surface area contributed by atoms with E-state index in [9.17, 15) is 9.59 Å². The van der Waals surface area contributed by atoms with Crippen molar-refractivity contribution >= 4 is 11.9 Å². The average Bonchev–Trinajstić information content (AvgIpc) is 2.27. The summed E-state index contributed by atoms with van der Waals surface area (Å²) in [6.45, 7) is 3.83. The fraction of sp³-hybridized carbons (Fsp3) is 0.636. The number of amides is 1. The van der Waals surface area contributed by atoms with Crippen LogP contribution >= 0.6 is 0 Å². The highest BCUT2D eigenvalue weighted by atomic mass is 16.5. The molecule has 0 aliphatic carbocycles. The van der Waals surface area contributed by atoms with Crippen LogP contribution in [0.2, 0.25) is 0 Å². The van der Waals surface area contributed by atoms with Crippen molar-refractivity contribution < 1.29 is 19.4 Å². The Bertz CT molecular complexity index is 268. The molecule has 0 rings (SSSR count). The Kier molecular flexibility index (Phi) is 8.00. The van der Waals surface area contributed by atoms with E-state index < -0.39 is 12.0 Å². The van der Waals surface area contributed by atoms with Crippen molar-refractivity contribution in [3.63, 3.8) is 0 Å². The molecule has 0 saturated heterocycles. The van der Waals surface area contributed by atoms with Gasteiger partial charge >= 0.3 is 5.97 Å². The second-order valence-electron chi connectivity index (χ2n) is 3.64. The zero-order valence-corrected chi connectivity index (χ0v) is 10.1. The third-order valence-corrected chi connectivity index (χ3v) is 2.17. The maximum atomic E-state index is 11.8. The average molecular weight is 244 g/mol. The molecule has 0 aromatic rings. The first-order valence-corrected chi connectivity index (χ1v) is 5.39. The lowest BCUT2D eigenvalue weighted by Gasteiger charge is -2.22. The van der Waals surface area contributed by atoms with Gasteiger partial charge in [0.25, 0.3) is 0 Å². The molecule has 0 aliphatic rings. The molecule has 0 aliphatic heterocycles. The third-order valence-electron chi connectivity index (χ3n) is 2.17. The molecule has 0 aromatic heterocycles. The number of ether oxygens (including phenoxy) is 1. The van der Waals surface area contributed by atoms with Gasteiger partial charge in [0, 0.05) is 20.3 Å². The van der Waals surface area contributed by atoms with Gasteiger partial charge in [-0.05, 0) is 12.8 Å². The van der Waals surface area contributed by atoms with Crippen molar-refractivity contribution in [1.82, 2.24) is 4.90 Å². The molecule has 1 amide bonds. The van der Waals surface area contributed by atoms with Crippen molar-refractivity contribution in [2.75, 3.05) is 26.8 Å². The zero-order chi connectivity index (χ0) is 13.3. The second kappa shape index (κ2) is 8.72. The van der Waals surface area contributed by atoms with Crippen LogP contribution in [0.3, 0.4) is 0 Å². The van der Waals surface area contributed by atoms with E-state index in [4.69, 9.17) is 15.6 Å². The number of hydrogen-bond acceptors (Lipinski definition) is 4. The Morgan fingerprint density at radius 1 is 1.59 bits per heavy atom. The van der Waals surface area contributed by atoms with E-state index in [0.29, 0.717) is 19.4 Å². The lowest BCUT2D eigenvalue weighted by atomic mass is 10.1. The van der Waals surface area contributed by atoms with E-state index in [1.165, 1.54) is 11.0 Å². The van der Waals surface area contributed by atoms with Gasteiger partial charge < -0.3 is 20.5 Å². The maximum Gasteiger partial charge on any atom is 0.323 e. The molecule has 1 unspecified atom stereocenters. The summed E-state index contributed by atoms with van der Waals surface area (Å²) >= 11 is 0. The van der Waals surface area contributed by atoms with E-state index >= 15 is 0 Å². The van der Waals surface area contributed by atoms with Crippen LogP contribution in [0.1, 0.15) is 12.8 Å². The number of carboxylic acid groups (broad SMARTS) is 1. The fourth-order valence-corrected chi connectivity index (χ4v) is 1.36. The summed E-state index contributed by atoms with van der Waals surface area (Å²) in [6.07, 6.45) is 2.61. The first-order valence-electron chi connectivity index (χ1n) is 5.39. The van der Waals surface area contributed by atoms with Gasteiger partial charge in [0.05, 0.1) is 6.04 Å². The van der Waals surface area contributed by atoms with E-state index in [1.54, 1.807) is 7.11 Å². The molecule has 0 aromatic carbocycles. The van der Waals surface area contributed by atoms with Crippen molar-refractivity contribution in [3.05, 3.63) is 12.7 Å². The zero-order valence-electron chi connectivity index (χ0n) is 10.1. The minimum absolute atomic E-state index is 0.184. The van der Waals surface area contributed by atoms with Gasteiger partial charge in [0.2, 0.25) is 5.91 Å². The second-order valence-corrected chi connectivity index (χ2v) is 3.64. The first-order chi connectivity index (χ1) is 8.02. The van der Waals surface area contributed by atoms with E-state index in [-0.39, 0.29) is 19.0 Å². The van der Waals surface area contributed by atoms with E-state index in [0.717, 1.165) is 0 Å². The van der Waals surface area contributed by atoms with E-state index in [2.05, 4.69) is 6.58 Å². The minimum atomic E-state index is -1.07. The van der Waals surface area contributed by atoms with Crippen molar-refractivity contribution in [3.8, 4) is 0 Å². The summed E-state index contributed by atoms with van der Waals surface area (Å²) in [6, 6.07) is -0.690. The number of carboxylic acids is 1. The topological polar surface area (TPSA) is 92.9 Å². The number of carbonyl (C=O) groups is 2. The van der Waals surface area contributed by atoms with Gasteiger partial charge in [0.15, 0.2) is 0 Å². The standard InChI is InChI=1S/C11H20N2O4/c1-3-6-13(8-10(14)15)11(16)9(12)5-4-7-17-2/h3,9H,1,4-8,12H2,2H3,(H,14,15). The molecule has 98 valence electrons. The molecule has 1 atom stereocenters. The molecule has 6 nitrogen and oxygen atoms in total. The Labute approximate surface area is 101 Å². The van der Waals surface area contributed by atoms with E-state index in [1.807, 2.05) is 0 Å². The lowest BCUT2D eigenvalue weighted by Crippen LogP contribution is -2.46. The molecule has 3 N–H and O–H groups in total. The normalized spacial score (nSPS) is 11.9. The monoisotopic (exact) mass is 244 g/mol. The van der Waals surface area contributed by atoms with Crippen LogP contribution in [0.5, 0.6) is 0 Å². The number of hydrogen-bond donors (Lipinski definition) is 2. The first kappa shape index (κ1) is 15.6. The van der Waals surface area contributed by atoms with Crippen molar-refractivity contribution in [1.29, 1.82) is 0 Å². The molecular formula is C11H20N2O4. The Morgan fingerprint density at radius 3 is 2.71 bits per heavy atom. The van der Waals surface area contributed by atoms with Gasteiger partial charge in [-0.1, -0.05) is 6.08 Å². The highest BCUT2D eigenvalue weighted by Crippen LogP contribution is 2.01. The summed E-state index contributed by atoms with van der Waals surface area (Å²) in [5, 5.41) is 8.67. The summed E-state index contributed by atoms with van der Waals surface area (Å²) in [5.74, 6) is -1.44. The molecule has 0 heterocycles. The predicted molar refractivity (Wildman–Crippen MR) is 63.5 cm³/mol. The summed E-state index contributed by atoms with van der Waals surface area (Å²) in [4.78, 5) is 23.6. The van der Waals surface area contributed by atoms with Crippen LogP contribution < -0.4 is 5.73 Å². The van der Waals surface area contributed by atoms with Crippen LogP contribution in [-0.2, 0) is 14.3 Å². The largest absolute Gasteiger partial charge is 0.480 e. The summed E-state index contributed by atoms with van der Waals surface area (Å²) in [7, 11) is 1.57. The minimum Gasteiger partial charge on any atom is -0.480 e. The number of carbonyl (C=O) groups excluding carboxylic acids is 1. The highest BCUT2D eigenvalue weighted by molar-refractivity contribution is 5.85. The number of nitrogens with zero attached hydrogens (tertiary/aromatic N) is 1. The quantitative estimate of drug-likeness (QED) is 0.434. The fourth-order valence-electron chi connectivity index (χ4n) is 1.36. The molecule has 17 heavy (non-hydrogen) atoms. The van der Waals surface area contributed by atoms with Gasteiger partial charge in [-0.25, -0.2) is 0 Å². The maximum absolute atomic E-state index is 11.8. The van der Waals surface area contributed by atoms with Crippen molar-refractivity contribution in [2.45, 2.75) is 18.9 Å². The SMILES string of the molecule is C=CCN(CC(=O)O)C(=O)C(N)CCCOC. The van der Waals surface area contributed by atoms with Crippen molar-refractivity contribution in [2.24, 2.45) is 5.73 Å². The molecule has 0 spiro atoms. The van der Waals surface area contributed by atoms with Gasteiger partial charge in [-0.3, -0.25) is 9.59 Å². The lowest BCUT2D eigenvalue weighted by molar-refractivity contribution is -0.144. The van der Waals surface area contributed by atoms with Crippen LogP contribution in [0.15, 0.2) is 12.7 Å². The van der Waals surface area contributed by atoms with Gasteiger partial charge in [-0.15, -0.1) is 6.58 Å². The Morgan fingerprint density at radius 2 is 2.24 bits per heavy atom. The van der Waals surface area contributed by atoms with Gasteiger partial charge in [-0.2, -0.15) is 0 Å². The number of rotatable bonds is 9. The molecule has 0 fully saturated rings. The number of methoxy groups -OCH3 is 1. The van der Waals surface area contributed by atoms with Crippen LogP contribution in [-0.4, -0.2) is 54.7 Å². The Balaban J connectivity index is 4.27. The smallest absolute Gasteiger partial charge is 0.323 e. The molecule has 0 bridgehead atoms. The molecule has 0 saturated carbocycles. The summed E-state index contributed by atoms with van der Waals surface area (Å²) < 4.78 is 4.85. The highest BCUT2D eigenvalue weighted by Gasteiger charge is 2.21. The summed E-state index contributed by atoms with van der Waals surface area (Å²) in [5.41, 5.74) is 5.69. The predicted octanol–water partition coefficient (Wildman–Crippen LogP) is -0.160.